The van der Waals surface area contributed by atoms with Gasteiger partial charge in [0.25, 0.3) is 0 Å². The predicted octanol–water partition coefficient (Wildman–Crippen LogP) is 6.48. The van der Waals surface area contributed by atoms with Gasteiger partial charge in [-0.2, -0.15) is 0 Å². The number of aromatic nitrogens is 2. The van der Waals surface area contributed by atoms with E-state index in [4.69, 9.17) is 19.3 Å². The molecule has 0 radical (unpaired) electrons. The van der Waals surface area contributed by atoms with Gasteiger partial charge in [-0.1, -0.05) is 72.8 Å². The predicted molar refractivity (Wildman–Crippen MR) is 142 cm³/mol. The van der Waals surface area contributed by atoms with E-state index in [2.05, 4.69) is 100 Å². The van der Waals surface area contributed by atoms with Gasteiger partial charge in [0.2, 0.25) is 0 Å². The van der Waals surface area contributed by atoms with Gasteiger partial charge in [-0.05, 0) is 44.9 Å². The highest BCUT2D eigenvalue weighted by Gasteiger charge is 2.53. The molecule has 0 spiro atoms. The second-order valence-corrected chi connectivity index (χ2v) is 10.8. The second kappa shape index (κ2) is 7.74. The molecule has 6 rings (SSSR count). The molecule has 0 atom stereocenters. The molecular weight excluding hydrogens is 439 g/mol. The number of hydrogen-bond donors (Lipinski definition) is 0. The largest absolute Gasteiger partial charge is 0.534 e. The van der Waals surface area contributed by atoms with Crippen molar-refractivity contribution >= 4 is 44.5 Å². The number of nitrogens with zero attached hydrogens (tertiary/aromatic N) is 2. The van der Waals surface area contributed by atoms with Crippen molar-refractivity contribution in [1.82, 2.24) is 9.97 Å². The molecule has 2 aromatic heterocycles. The second-order valence-electron chi connectivity index (χ2n) is 9.74. The third kappa shape index (κ3) is 3.45. The number of hydrogen-bond acceptors (Lipinski definition) is 5. The van der Waals surface area contributed by atoms with Gasteiger partial charge in [0, 0.05) is 15.6 Å². The van der Waals surface area contributed by atoms with Crippen LogP contribution in [0, 0.1) is 0 Å². The van der Waals surface area contributed by atoms with Crippen LogP contribution >= 0.6 is 11.3 Å². The van der Waals surface area contributed by atoms with Crippen molar-refractivity contribution < 1.29 is 9.31 Å². The molecule has 0 aliphatic carbocycles. The number of fused-ring (bicyclic) bond motifs is 3. The molecule has 168 valence electrons. The highest BCUT2D eigenvalue weighted by atomic mass is 32.1. The normalized spacial score (nSPS) is 17.0. The van der Waals surface area contributed by atoms with E-state index >= 15 is 0 Å². The molecule has 0 N–H and O–H groups in total. The quantitative estimate of drug-likeness (QED) is 0.287. The Hall–Kier alpha value is -3.06. The summed E-state index contributed by atoms with van der Waals surface area (Å²) in [4.78, 5) is 10.0. The van der Waals surface area contributed by atoms with Gasteiger partial charge < -0.3 is 9.31 Å². The lowest BCUT2D eigenvalue weighted by Gasteiger charge is -2.32. The van der Waals surface area contributed by atoms with Crippen LogP contribution in [-0.2, 0) is 9.31 Å². The van der Waals surface area contributed by atoms with Crippen LogP contribution in [0.2, 0.25) is 0 Å². The Morgan fingerprint density at radius 2 is 1.26 bits per heavy atom. The van der Waals surface area contributed by atoms with E-state index in [1.54, 1.807) is 11.3 Å². The summed E-state index contributed by atoms with van der Waals surface area (Å²) >= 11 is 1.73. The Balaban J connectivity index is 1.52. The fourth-order valence-electron chi connectivity index (χ4n) is 4.31. The zero-order valence-electron chi connectivity index (χ0n) is 19.7. The first-order valence-electron chi connectivity index (χ1n) is 11.5. The van der Waals surface area contributed by atoms with Crippen molar-refractivity contribution in [3.05, 3.63) is 78.9 Å². The van der Waals surface area contributed by atoms with Crippen LogP contribution in [-0.4, -0.2) is 28.3 Å². The molecule has 4 nitrogen and oxygen atoms in total. The highest BCUT2D eigenvalue weighted by molar-refractivity contribution is 7.26. The summed E-state index contributed by atoms with van der Waals surface area (Å²) in [7, 11) is -0.615. The summed E-state index contributed by atoms with van der Waals surface area (Å²) in [6.45, 7) is 8.20. The van der Waals surface area contributed by atoms with Gasteiger partial charge in [-0.15, -0.1) is 11.3 Å². The molecule has 0 saturated carbocycles. The molecule has 1 aliphatic heterocycles. The topological polar surface area (TPSA) is 44.2 Å². The van der Waals surface area contributed by atoms with Gasteiger partial charge in [0.15, 0.2) is 5.72 Å². The molecule has 0 unspecified atom stereocenters. The summed E-state index contributed by atoms with van der Waals surface area (Å²) < 4.78 is 14.9. The molecule has 3 aromatic carbocycles. The minimum absolute atomic E-state index is 0.454. The lowest BCUT2D eigenvalue weighted by molar-refractivity contribution is 0.00578. The first kappa shape index (κ1) is 21.5. The average Bonchev–Trinajstić information content (AvgIpc) is 3.32. The minimum Gasteiger partial charge on any atom is -0.397 e. The minimum atomic E-state index is -0.615. The first-order valence-corrected chi connectivity index (χ1v) is 12.3. The summed E-state index contributed by atoms with van der Waals surface area (Å²) in [5.41, 5.74) is 4.94. The van der Waals surface area contributed by atoms with Gasteiger partial charge in [0.05, 0.1) is 27.1 Å². The van der Waals surface area contributed by atoms with Crippen LogP contribution in [0.4, 0.5) is 0 Å². The van der Waals surface area contributed by atoms with Gasteiger partial charge >= 0.3 is 7.12 Å². The Morgan fingerprint density at radius 3 is 1.97 bits per heavy atom. The van der Waals surface area contributed by atoms with Crippen molar-refractivity contribution in [2.24, 2.45) is 0 Å². The fraction of sp³-hybridized carbons (Fsp3) is 0.214. The molecule has 34 heavy (non-hydrogen) atoms. The van der Waals surface area contributed by atoms with Crippen LogP contribution in [0.15, 0.2) is 78.9 Å². The van der Waals surface area contributed by atoms with E-state index in [0.717, 1.165) is 26.9 Å². The lowest BCUT2D eigenvalue weighted by atomic mass is 9.88. The zero-order chi connectivity index (χ0) is 23.5. The monoisotopic (exact) mass is 464 g/mol. The third-order valence-corrected chi connectivity index (χ3v) is 8.13. The highest BCUT2D eigenvalue weighted by Crippen LogP contribution is 2.39. The molecule has 3 heterocycles. The molecule has 1 aliphatic rings. The average molecular weight is 464 g/mol. The van der Waals surface area contributed by atoms with E-state index in [0.29, 0.717) is 5.72 Å². The van der Waals surface area contributed by atoms with Gasteiger partial charge in [-0.3, -0.25) is 0 Å². The molecule has 0 amide bonds. The van der Waals surface area contributed by atoms with E-state index in [1.165, 1.54) is 15.8 Å². The molecule has 1 fully saturated rings. The maximum absolute atomic E-state index is 6.31. The number of rotatable bonds is 3. The fourth-order valence-corrected chi connectivity index (χ4v) is 5.46. The Kier molecular flexibility index (Phi) is 4.89. The van der Waals surface area contributed by atoms with Crippen LogP contribution in [0.3, 0.4) is 0 Å². The van der Waals surface area contributed by atoms with E-state index in [9.17, 15) is 0 Å². The van der Waals surface area contributed by atoms with Crippen LogP contribution in [0.5, 0.6) is 0 Å². The third-order valence-electron chi connectivity index (χ3n) is 6.97. The van der Waals surface area contributed by atoms with E-state index < -0.39 is 18.3 Å². The van der Waals surface area contributed by atoms with Gasteiger partial charge in [-0.25, -0.2) is 9.97 Å². The summed E-state index contributed by atoms with van der Waals surface area (Å²) in [5.74, 6) is 0. The van der Waals surface area contributed by atoms with E-state index in [1.807, 2.05) is 6.07 Å². The first-order chi connectivity index (χ1) is 16.3. The smallest absolute Gasteiger partial charge is 0.397 e. The van der Waals surface area contributed by atoms with Crippen molar-refractivity contribution in [3.8, 4) is 22.4 Å². The molecular formula is C28H25BN2O2S. The van der Waals surface area contributed by atoms with Crippen molar-refractivity contribution in [1.29, 1.82) is 0 Å². The molecule has 5 aromatic rings. The van der Waals surface area contributed by atoms with Crippen LogP contribution in [0.25, 0.3) is 42.7 Å². The maximum atomic E-state index is 6.31. The SMILES string of the molecule is CC1(C)OB(c2nc(-c3ccc(-c4ccccc4)cc3)c3sc4ccccc4c3n2)OC1(C)C. The summed E-state index contributed by atoms with van der Waals surface area (Å²) in [6.07, 6.45) is 0. The van der Waals surface area contributed by atoms with Crippen molar-refractivity contribution in [3.63, 3.8) is 0 Å². The van der Waals surface area contributed by atoms with Crippen molar-refractivity contribution in [2.75, 3.05) is 0 Å². The Labute approximate surface area is 203 Å². The lowest BCUT2D eigenvalue weighted by Crippen LogP contribution is -2.41. The zero-order valence-corrected chi connectivity index (χ0v) is 20.5. The molecule has 1 saturated heterocycles. The summed E-state index contributed by atoms with van der Waals surface area (Å²) in [5, 5.41) is 1.13. The Morgan fingerprint density at radius 1 is 0.676 bits per heavy atom. The Bertz CT molecular complexity index is 1490. The van der Waals surface area contributed by atoms with Crippen LogP contribution in [0.1, 0.15) is 27.7 Å². The standard InChI is InChI=1S/C28H25BN2O2S/c1-27(2)28(3,4)33-29(32-27)26-30-23(25-24(31-26)21-12-8-9-13-22(21)34-25)20-16-14-19(15-17-20)18-10-6-5-7-11-18/h5-17H,1-4H3. The van der Waals surface area contributed by atoms with Gasteiger partial charge in [0.1, 0.15) is 0 Å². The number of thiophene rings is 1. The maximum Gasteiger partial charge on any atom is 0.534 e. The van der Waals surface area contributed by atoms with Crippen molar-refractivity contribution in [2.45, 2.75) is 38.9 Å². The van der Waals surface area contributed by atoms with Crippen LogP contribution < -0.4 is 5.72 Å². The van der Waals surface area contributed by atoms with E-state index in [-0.39, 0.29) is 0 Å². The number of benzene rings is 3. The molecule has 0 bridgehead atoms. The molecule has 6 heteroatoms. The summed E-state index contributed by atoms with van der Waals surface area (Å²) in [6, 6.07) is 27.4.